The van der Waals surface area contributed by atoms with Gasteiger partial charge in [0.1, 0.15) is 11.9 Å². The molecule has 0 bridgehead atoms. The summed E-state index contributed by atoms with van der Waals surface area (Å²) in [5, 5.41) is 10.8. The van der Waals surface area contributed by atoms with Crippen molar-refractivity contribution >= 4 is 74.5 Å². The minimum Gasteiger partial charge on any atom is -0.497 e. The minimum absolute atomic E-state index is 0.124. The van der Waals surface area contributed by atoms with Crippen molar-refractivity contribution in [2.45, 2.75) is 16.4 Å². The number of halogens is 3. The van der Waals surface area contributed by atoms with Crippen LogP contribution in [0.4, 0.5) is 5.69 Å². The van der Waals surface area contributed by atoms with Crippen molar-refractivity contribution < 1.29 is 9.53 Å². The fourth-order valence-corrected chi connectivity index (χ4v) is 3.57. The first kappa shape index (κ1) is 23.4. The van der Waals surface area contributed by atoms with Crippen LogP contribution in [0.3, 0.4) is 0 Å². The van der Waals surface area contributed by atoms with Crippen LogP contribution in [-0.2, 0) is 11.2 Å². The molecule has 9 heteroatoms. The van der Waals surface area contributed by atoms with Gasteiger partial charge in [-0.2, -0.15) is 0 Å². The molecule has 162 valence electrons. The molecule has 0 aliphatic heterocycles. The van der Waals surface area contributed by atoms with E-state index in [4.69, 9.17) is 51.8 Å². The Bertz CT molecular complexity index is 1070. The van der Waals surface area contributed by atoms with Gasteiger partial charge in [-0.3, -0.25) is 4.79 Å². The predicted molar refractivity (Wildman–Crippen MR) is 132 cm³/mol. The Morgan fingerprint density at radius 1 is 1.00 bits per heavy atom. The number of anilines is 1. The van der Waals surface area contributed by atoms with Crippen molar-refractivity contribution in [3.63, 3.8) is 0 Å². The van der Waals surface area contributed by atoms with Gasteiger partial charge in [-0.25, -0.2) is 0 Å². The van der Waals surface area contributed by atoms with E-state index in [1.807, 2.05) is 42.5 Å². The SMILES string of the molecule is COc1ccc(NC(=S)N[C@@H](NC(=O)Cc2cccc3ccccc23)C(Cl)(Cl)Cl)cc1. The van der Waals surface area contributed by atoms with E-state index in [-0.39, 0.29) is 17.4 Å². The second-order valence-electron chi connectivity index (χ2n) is 6.68. The third kappa shape index (κ3) is 6.61. The molecule has 5 nitrogen and oxygen atoms in total. The summed E-state index contributed by atoms with van der Waals surface area (Å²) in [6.45, 7) is 0. The molecule has 0 fully saturated rings. The molecule has 3 aromatic carbocycles. The summed E-state index contributed by atoms with van der Waals surface area (Å²) >= 11 is 23.5. The quantitative estimate of drug-likeness (QED) is 0.249. The van der Waals surface area contributed by atoms with Crippen LogP contribution in [0.1, 0.15) is 5.56 Å². The molecule has 0 radical (unpaired) electrons. The van der Waals surface area contributed by atoms with E-state index in [0.717, 1.165) is 16.3 Å². The van der Waals surface area contributed by atoms with Crippen LogP contribution in [0.15, 0.2) is 66.7 Å². The molecular weight excluding hydrogens is 477 g/mol. The number of alkyl halides is 3. The van der Waals surface area contributed by atoms with Crippen LogP contribution < -0.4 is 20.7 Å². The molecule has 1 amide bonds. The first-order chi connectivity index (χ1) is 14.8. The minimum atomic E-state index is -1.83. The van der Waals surface area contributed by atoms with Gasteiger partial charge in [-0.05, 0) is 52.8 Å². The average molecular weight is 497 g/mol. The number of ether oxygens (including phenoxy) is 1. The third-order valence-electron chi connectivity index (χ3n) is 4.49. The van der Waals surface area contributed by atoms with Gasteiger partial charge in [0.2, 0.25) is 9.70 Å². The molecule has 0 aromatic heterocycles. The first-order valence-corrected chi connectivity index (χ1v) is 10.8. The standard InChI is InChI=1S/C22H20Cl3N3O2S/c1-30-17-11-9-16(10-12-17)26-21(31)28-20(22(23,24)25)27-19(29)13-15-7-4-6-14-5-2-3-8-18(14)15/h2-12,20H,13H2,1H3,(H,27,29)(H2,26,28,31)/t20-/m1/s1. The number of hydrogen-bond donors (Lipinski definition) is 3. The van der Waals surface area contributed by atoms with Gasteiger partial charge < -0.3 is 20.7 Å². The van der Waals surface area contributed by atoms with Crippen molar-refractivity contribution in [1.29, 1.82) is 0 Å². The maximum atomic E-state index is 12.7. The Labute approximate surface area is 201 Å². The monoisotopic (exact) mass is 495 g/mol. The van der Waals surface area contributed by atoms with Gasteiger partial charge >= 0.3 is 0 Å². The first-order valence-electron chi connectivity index (χ1n) is 9.30. The Kier molecular flexibility index (Phi) is 7.84. The van der Waals surface area contributed by atoms with E-state index in [0.29, 0.717) is 11.4 Å². The molecule has 3 rings (SSSR count). The normalized spacial score (nSPS) is 12.1. The number of carbonyl (C=O) groups is 1. The lowest BCUT2D eigenvalue weighted by molar-refractivity contribution is -0.121. The Morgan fingerprint density at radius 3 is 2.35 bits per heavy atom. The molecule has 0 heterocycles. The molecule has 1 atom stereocenters. The van der Waals surface area contributed by atoms with Gasteiger partial charge in [0.05, 0.1) is 13.5 Å². The summed E-state index contributed by atoms with van der Waals surface area (Å²) in [7, 11) is 1.58. The molecule has 3 N–H and O–H groups in total. The summed E-state index contributed by atoms with van der Waals surface area (Å²) < 4.78 is 3.29. The summed E-state index contributed by atoms with van der Waals surface area (Å²) in [5.74, 6) is 0.400. The van der Waals surface area contributed by atoms with Crippen molar-refractivity contribution in [3.8, 4) is 5.75 Å². The molecule has 0 saturated carbocycles. The molecule has 31 heavy (non-hydrogen) atoms. The second kappa shape index (κ2) is 10.4. The van der Waals surface area contributed by atoms with E-state index in [9.17, 15) is 4.79 Å². The van der Waals surface area contributed by atoms with Crippen molar-refractivity contribution in [3.05, 3.63) is 72.3 Å². The fourth-order valence-electron chi connectivity index (χ4n) is 3.00. The largest absolute Gasteiger partial charge is 0.497 e. The van der Waals surface area contributed by atoms with Gasteiger partial charge in [-0.15, -0.1) is 0 Å². The van der Waals surface area contributed by atoms with Crippen LogP contribution in [-0.4, -0.2) is 28.1 Å². The second-order valence-corrected chi connectivity index (χ2v) is 9.46. The molecule has 0 unspecified atom stereocenters. The van der Waals surface area contributed by atoms with Crippen molar-refractivity contribution in [2.75, 3.05) is 12.4 Å². The topological polar surface area (TPSA) is 62.4 Å². The number of thiocarbonyl (C=S) groups is 1. The predicted octanol–water partition coefficient (Wildman–Crippen LogP) is 5.19. The zero-order valence-electron chi connectivity index (χ0n) is 16.5. The highest BCUT2D eigenvalue weighted by atomic mass is 35.6. The lowest BCUT2D eigenvalue weighted by Gasteiger charge is -2.28. The number of fused-ring (bicyclic) bond motifs is 1. The molecule has 0 saturated heterocycles. The van der Waals surface area contributed by atoms with Gasteiger partial charge in [0, 0.05) is 5.69 Å². The van der Waals surface area contributed by atoms with Gasteiger partial charge in [0.25, 0.3) is 0 Å². The molecule has 0 aliphatic carbocycles. The smallest absolute Gasteiger partial charge is 0.228 e. The number of hydrogen-bond acceptors (Lipinski definition) is 3. The highest BCUT2D eigenvalue weighted by Crippen LogP contribution is 2.29. The van der Waals surface area contributed by atoms with E-state index >= 15 is 0 Å². The molecular formula is C22H20Cl3N3O2S. The third-order valence-corrected chi connectivity index (χ3v) is 5.36. The van der Waals surface area contributed by atoms with E-state index in [1.54, 1.807) is 31.4 Å². The molecule has 0 spiro atoms. The lowest BCUT2D eigenvalue weighted by Crippen LogP contribution is -2.56. The summed E-state index contributed by atoms with van der Waals surface area (Å²) in [5.41, 5.74) is 1.58. The molecule has 0 aliphatic rings. The Balaban J connectivity index is 1.66. The van der Waals surface area contributed by atoms with Crippen LogP contribution in [0.5, 0.6) is 5.75 Å². The molecule has 3 aromatic rings. The average Bonchev–Trinajstić information content (AvgIpc) is 2.73. The van der Waals surface area contributed by atoms with Crippen LogP contribution in [0.25, 0.3) is 10.8 Å². The van der Waals surface area contributed by atoms with E-state index < -0.39 is 9.96 Å². The number of carbonyl (C=O) groups excluding carboxylic acids is 1. The number of methoxy groups -OCH3 is 1. The number of benzene rings is 3. The summed E-state index contributed by atoms with van der Waals surface area (Å²) in [4.78, 5) is 12.7. The van der Waals surface area contributed by atoms with Crippen molar-refractivity contribution in [1.82, 2.24) is 10.6 Å². The highest BCUT2D eigenvalue weighted by Gasteiger charge is 2.34. The van der Waals surface area contributed by atoms with E-state index in [1.165, 1.54) is 0 Å². The van der Waals surface area contributed by atoms with Gasteiger partial charge in [0.15, 0.2) is 5.11 Å². The number of rotatable bonds is 6. The summed E-state index contributed by atoms with van der Waals surface area (Å²) in [6, 6.07) is 20.8. The van der Waals surface area contributed by atoms with Crippen LogP contribution in [0.2, 0.25) is 0 Å². The zero-order chi connectivity index (χ0) is 22.4. The maximum absolute atomic E-state index is 12.7. The van der Waals surface area contributed by atoms with Crippen LogP contribution in [0, 0.1) is 0 Å². The fraction of sp³-hybridized carbons (Fsp3) is 0.182. The Hall–Kier alpha value is -2.25. The van der Waals surface area contributed by atoms with E-state index in [2.05, 4.69) is 16.0 Å². The van der Waals surface area contributed by atoms with Gasteiger partial charge in [-0.1, -0.05) is 77.3 Å². The van der Waals surface area contributed by atoms with Crippen molar-refractivity contribution in [2.24, 2.45) is 0 Å². The highest BCUT2D eigenvalue weighted by molar-refractivity contribution is 7.80. The number of amides is 1. The number of nitrogens with one attached hydrogen (secondary N) is 3. The van der Waals surface area contributed by atoms with Crippen LogP contribution >= 0.6 is 47.0 Å². The Morgan fingerprint density at radius 2 is 1.68 bits per heavy atom. The maximum Gasteiger partial charge on any atom is 0.228 e. The summed E-state index contributed by atoms with van der Waals surface area (Å²) in [6.07, 6.45) is -0.919. The lowest BCUT2D eigenvalue weighted by atomic mass is 10.0. The zero-order valence-corrected chi connectivity index (χ0v) is 19.6.